The van der Waals surface area contributed by atoms with Crippen LogP contribution in [-0.4, -0.2) is 21.4 Å². The van der Waals surface area contributed by atoms with Crippen molar-refractivity contribution in [2.45, 2.75) is 0 Å². The van der Waals surface area contributed by atoms with Crippen molar-refractivity contribution in [1.82, 2.24) is 20.4 Å². The number of rotatable bonds is 3. The van der Waals surface area contributed by atoms with Gasteiger partial charge in [0.15, 0.2) is 0 Å². The van der Waals surface area contributed by atoms with Crippen LogP contribution in [-0.2, 0) is 0 Å². The molecule has 3 N–H and O–H groups in total. The summed E-state index contributed by atoms with van der Waals surface area (Å²) < 4.78 is 2.13. The highest BCUT2D eigenvalue weighted by Gasteiger charge is 2.14. The van der Waals surface area contributed by atoms with E-state index in [0.717, 1.165) is 0 Å². The van der Waals surface area contributed by atoms with E-state index in [0.29, 0.717) is 15.9 Å². The predicted octanol–water partition coefficient (Wildman–Crippen LogP) is 2.61. The van der Waals surface area contributed by atoms with Gasteiger partial charge >= 0.3 is 0 Å². The van der Waals surface area contributed by atoms with Gasteiger partial charge in [0.05, 0.1) is 16.8 Å². The summed E-state index contributed by atoms with van der Waals surface area (Å²) in [4.78, 5) is 27.3. The third-order valence-electron chi connectivity index (χ3n) is 3.38. The average molecular weight is 338 g/mol. The summed E-state index contributed by atoms with van der Waals surface area (Å²) in [6, 6.07) is 14.1. The molecule has 0 spiro atoms. The molecule has 0 saturated carbocycles. The highest BCUT2D eigenvalue weighted by Crippen LogP contribution is 2.14. The summed E-state index contributed by atoms with van der Waals surface area (Å²) in [5.41, 5.74) is 6.23. The van der Waals surface area contributed by atoms with E-state index in [9.17, 15) is 9.59 Å². The van der Waals surface area contributed by atoms with E-state index in [1.807, 2.05) is 41.2 Å². The molecule has 3 aromatic rings. The highest BCUT2D eigenvalue weighted by molar-refractivity contribution is 7.71. The van der Waals surface area contributed by atoms with Gasteiger partial charge in [-0.05, 0) is 36.4 Å². The molecule has 120 valence electrons. The van der Waals surface area contributed by atoms with Crippen molar-refractivity contribution < 1.29 is 9.59 Å². The van der Waals surface area contributed by atoms with Crippen molar-refractivity contribution in [2.75, 3.05) is 0 Å². The number of aromatic nitrogens is 2. The summed E-state index contributed by atoms with van der Waals surface area (Å²) in [5, 5.41) is 0. The van der Waals surface area contributed by atoms with E-state index in [1.54, 1.807) is 30.5 Å². The number of pyridine rings is 1. The van der Waals surface area contributed by atoms with Crippen LogP contribution in [0.25, 0.3) is 5.69 Å². The number of hydrazine groups is 1. The lowest BCUT2D eigenvalue weighted by molar-refractivity contribution is 0.0846. The van der Waals surface area contributed by atoms with Crippen molar-refractivity contribution in [2.24, 2.45) is 0 Å². The van der Waals surface area contributed by atoms with Crippen molar-refractivity contribution in [3.05, 3.63) is 82.9 Å². The van der Waals surface area contributed by atoms with E-state index in [4.69, 9.17) is 12.2 Å². The standard InChI is InChI=1S/C17H14N4O2S/c22-15(19-20-16(23)13-7-5-9-18-17(13)24)12-6-1-2-8-14(12)21-10-3-4-11-21/h1-11H,(H,18,24)(H,19,22)(H,20,23). The zero-order chi connectivity index (χ0) is 16.9. The quantitative estimate of drug-likeness (QED) is 0.507. The Hall–Kier alpha value is -3.19. The third kappa shape index (κ3) is 3.26. The molecular formula is C17H14N4O2S. The van der Waals surface area contributed by atoms with Crippen LogP contribution in [0.5, 0.6) is 0 Å². The molecule has 0 bridgehead atoms. The number of hydrogen-bond acceptors (Lipinski definition) is 3. The van der Waals surface area contributed by atoms with E-state index in [-0.39, 0.29) is 5.56 Å². The monoisotopic (exact) mass is 338 g/mol. The Morgan fingerprint density at radius 1 is 0.875 bits per heavy atom. The largest absolute Gasteiger partial charge is 0.352 e. The van der Waals surface area contributed by atoms with Gasteiger partial charge in [0.1, 0.15) is 4.64 Å². The Balaban J connectivity index is 1.76. The lowest BCUT2D eigenvalue weighted by atomic mass is 10.1. The Bertz CT molecular complexity index is 932. The first-order valence-electron chi connectivity index (χ1n) is 7.17. The summed E-state index contributed by atoms with van der Waals surface area (Å²) in [6.07, 6.45) is 5.31. The zero-order valence-corrected chi connectivity index (χ0v) is 13.3. The van der Waals surface area contributed by atoms with Crippen LogP contribution in [0.1, 0.15) is 20.7 Å². The minimum Gasteiger partial charge on any atom is -0.352 e. The van der Waals surface area contributed by atoms with E-state index < -0.39 is 11.8 Å². The van der Waals surface area contributed by atoms with Gasteiger partial charge in [-0.25, -0.2) is 0 Å². The molecular weight excluding hydrogens is 324 g/mol. The number of carbonyl (C=O) groups excluding carboxylic acids is 2. The molecule has 0 saturated heterocycles. The number of hydrogen-bond donors (Lipinski definition) is 3. The van der Waals surface area contributed by atoms with Crippen LogP contribution in [0, 0.1) is 4.64 Å². The predicted molar refractivity (Wildman–Crippen MR) is 92.3 cm³/mol. The fourth-order valence-corrected chi connectivity index (χ4v) is 2.46. The van der Waals surface area contributed by atoms with Crippen LogP contribution in [0.15, 0.2) is 67.1 Å². The number of nitrogens with zero attached hydrogens (tertiary/aromatic N) is 1. The molecule has 0 aliphatic carbocycles. The Morgan fingerprint density at radius 2 is 1.50 bits per heavy atom. The maximum absolute atomic E-state index is 12.4. The van der Waals surface area contributed by atoms with Crippen molar-refractivity contribution in [3.63, 3.8) is 0 Å². The molecule has 6 nitrogen and oxygen atoms in total. The minimum atomic E-state index is -0.483. The second kappa shape index (κ2) is 6.93. The number of aromatic amines is 1. The zero-order valence-electron chi connectivity index (χ0n) is 12.5. The molecule has 7 heteroatoms. The topological polar surface area (TPSA) is 78.9 Å². The van der Waals surface area contributed by atoms with Crippen molar-refractivity contribution in [3.8, 4) is 5.69 Å². The highest BCUT2D eigenvalue weighted by atomic mass is 32.1. The molecule has 0 aliphatic heterocycles. The molecule has 24 heavy (non-hydrogen) atoms. The molecule has 0 aliphatic rings. The molecule has 2 aromatic heterocycles. The second-order valence-electron chi connectivity index (χ2n) is 4.93. The van der Waals surface area contributed by atoms with Crippen LogP contribution < -0.4 is 10.9 Å². The first-order valence-corrected chi connectivity index (χ1v) is 7.58. The number of carbonyl (C=O) groups is 2. The van der Waals surface area contributed by atoms with Gasteiger partial charge in [-0.1, -0.05) is 24.4 Å². The van der Waals surface area contributed by atoms with Gasteiger partial charge in [0, 0.05) is 18.6 Å². The van der Waals surface area contributed by atoms with Crippen LogP contribution in [0.2, 0.25) is 0 Å². The summed E-state index contributed by atoms with van der Waals surface area (Å²) in [6.45, 7) is 0. The van der Waals surface area contributed by atoms with Gasteiger partial charge in [-0.15, -0.1) is 0 Å². The SMILES string of the molecule is O=C(NNC(=O)c1ccc[nH]c1=S)c1ccccc1-n1cccc1. The molecule has 1 aromatic carbocycles. The van der Waals surface area contributed by atoms with Gasteiger partial charge in [-0.3, -0.25) is 20.4 Å². The number of para-hydroxylation sites is 1. The Labute approximate surface area is 143 Å². The Morgan fingerprint density at radius 3 is 2.21 bits per heavy atom. The smallest absolute Gasteiger partial charge is 0.272 e. The molecule has 0 atom stereocenters. The first kappa shape index (κ1) is 15.7. The van der Waals surface area contributed by atoms with Crippen molar-refractivity contribution in [1.29, 1.82) is 0 Å². The van der Waals surface area contributed by atoms with E-state index >= 15 is 0 Å². The number of benzene rings is 1. The number of amides is 2. The van der Waals surface area contributed by atoms with Crippen LogP contribution >= 0.6 is 12.2 Å². The van der Waals surface area contributed by atoms with E-state index in [2.05, 4.69) is 15.8 Å². The molecule has 0 fully saturated rings. The number of H-pyrrole nitrogens is 1. The Kier molecular flexibility index (Phi) is 4.53. The average Bonchev–Trinajstić information content (AvgIpc) is 3.14. The molecule has 2 heterocycles. The maximum Gasteiger partial charge on any atom is 0.272 e. The maximum atomic E-state index is 12.4. The van der Waals surface area contributed by atoms with Gasteiger partial charge in [0.25, 0.3) is 11.8 Å². The first-order chi connectivity index (χ1) is 11.7. The summed E-state index contributed by atoms with van der Waals surface area (Å²) in [7, 11) is 0. The lowest BCUT2D eigenvalue weighted by Gasteiger charge is -2.11. The fraction of sp³-hybridized carbons (Fsp3) is 0. The minimum absolute atomic E-state index is 0.284. The van der Waals surface area contributed by atoms with Crippen LogP contribution in [0.4, 0.5) is 0 Å². The second-order valence-corrected chi connectivity index (χ2v) is 5.34. The molecule has 0 unspecified atom stereocenters. The summed E-state index contributed by atoms with van der Waals surface area (Å²) in [5.74, 6) is -0.901. The van der Waals surface area contributed by atoms with Crippen molar-refractivity contribution >= 4 is 24.0 Å². The fourth-order valence-electron chi connectivity index (χ4n) is 2.23. The van der Waals surface area contributed by atoms with Crippen LogP contribution in [0.3, 0.4) is 0 Å². The van der Waals surface area contributed by atoms with E-state index in [1.165, 1.54) is 0 Å². The number of nitrogens with one attached hydrogen (secondary N) is 3. The van der Waals surface area contributed by atoms with Gasteiger partial charge in [-0.2, -0.15) is 0 Å². The van der Waals surface area contributed by atoms with Gasteiger partial charge < -0.3 is 9.55 Å². The molecule has 3 rings (SSSR count). The normalized spacial score (nSPS) is 10.2. The lowest BCUT2D eigenvalue weighted by Crippen LogP contribution is -2.42. The summed E-state index contributed by atoms with van der Waals surface area (Å²) >= 11 is 5.04. The van der Waals surface area contributed by atoms with Gasteiger partial charge in [0.2, 0.25) is 0 Å². The molecule has 0 radical (unpaired) electrons. The third-order valence-corrected chi connectivity index (χ3v) is 3.72. The molecule has 2 amide bonds.